The fourth-order valence-electron chi connectivity index (χ4n) is 1.92. The van der Waals surface area contributed by atoms with E-state index in [0.717, 1.165) is 5.75 Å². The van der Waals surface area contributed by atoms with Gasteiger partial charge in [0.1, 0.15) is 5.60 Å². The van der Waals surface area contributed by atoms with Gasteiger partial charge in [0.25, 0.3) is 0 Å². The fourth-order valence-corrected chi connectivity index (χ4v) is 1.92. The summed E-state index contributed by atoms with van der Waals surface area (Å²) in [5.74, 6) is 1.74. The second kappa shape index (κ2) is 5.75. The monoisotopic (exact) mass is 250 g/mol. The number of hydrogen-bond acceptors (Lipinski definition) is 2. The lowest BCUT2D eigenvalue weighted by Gasteiger charge is -2.22. The predicted molar refractivity (Wildman–Crippen MR) is 76.1 cm³/mol. The van der Waals surface area contributed by atoms with Crippen LogP contribution in [0.1, 0.15) is 71.4 Å². The SMILES string of the molecule is CC(C)c1cccc(OOC(C)(C)C)c1C(C)C. The molecule has 0 heterocycles. The van der Waals surface area contributed by atoms with Gasteiger partial charge in [-0.2, -0.15) is 4.89 Å². The van der Waals surface area contributed by atoms with Crippen molar-refractivity contribution in [3.05, 3.63) is 29.3 Å². The Balaban J connectivity index is 3.07. The molecular weight excluding hydrogens is 224 g/mol. The average molecular weight is 250 g/mol. The van der Waals surface area contributed by atoms with Gasteiger partial charge in [-0.3, -0.25) is 0 Å². The molecule has 0 aliphatic rings. The summed E-state index contributed by atoms with van der Waals surface area (Å²) in [7, 11) is 0. The Hall–Kier alpha value is -1.02. The minimum absolute atomic E-state index is 0.303. The zero-order valence-corrected chi connectivity index (χ0v) is 12.7. The molecule has 0 spiro atoms. The van der Waals surface area contributed by atoms with Crippen LogP contribution in [-0.2, 0) is 4.89 Å². The minimum atomic E-state index is -0.303. The normalized spacial score (nSPS) is 12.3. The molecule has 0 bridgehead atoms. The Kier molecular flexibility index (Phi) is 4.80. The van der Waals surface area contributed by atoms with Crippen LogP contribution in [0.5, 0.6) is 5.75 Å². The maximum Gasteiger partial charge on any atom is 0.169 e. The maximum atomic E-state index is 5.55. The molecule has 18 heavy (non-hydrogen) atoms. The van der Waals surface area contributed by atoms with Crippen molar-refractivity contribution in [2.45, 2.75) is 65.9 Å². The van der Waals surface area contributed by atoms with E-state index in [1.807, 2.05) is 32.9 Å². The molecule has 1 rings (SSSR count). The standard InChI is InChI=1S/C16H26O2/c1-11(2)13-9-8-10-14(15(13)12(3)4)17-18-16(5,6)7/h8-12H,1-7H3. The summed E-state index contributed by atoms with van der Waals surface area (Å²) in [6.07, 6.45) is 0. The van der Waals surface area contributed by atoms with Crippen LogP contribution >= 0.6 is 0 Å². The van der Waals surface area contributed by atoms with Crippen LogP contribution in [-0.4, -0.2) is 5.60 Å². The molecule has 0 unspecified atom stereocenters. The van der Waals surface area contributed by atoms with E-state index >= 15 is 0 Å². The largest absolute Gasteiger partial charge is 0.337 e. The maximum absolute atomic E-state index is 5.55. The molecular formula is C16H26O2. The Labute approximate surface area is 111 Å². The molecule has 0 saturated carbocycles. The van der Waals surface area contributed by atoms with E-state index in [-0.39, 0.29) is 5.60 Å². The summed E-state index contributed by atoms with van der Waals surface area (Å²) >= 11 is 0. The summed E-state index contributed by atoms with van der Waals surface area (Å²) in [6.45, 7) is 14.7. The lowest BCUT2D eigenvalue weighted by molar-refractivity contribution is -0.275. The minimum Gasteiger partial charge on any atom is -0.337 e. The molecule has 0 radical (unpaired) electrons. The first kappa shape index (κ1) is 15.0. The van der Waals surface area contributed by atoms with Crippen LogP contribution in [0.4, 0.5) is 0 Å². The Morgan fingerprint density at radius 2 is 1.56 bits per heavy atom. The van der Waals surface area contributed by atoms with Crippen molar-refractivity contribution in [2.75, 3.05) is 0 Å². The van der Waals surface area contributed by atoms with Gasteiger partial charge in [-0.1, -0.05) is 39.8 Å². The highest BCUT2D eigenvalue weighted by atomic mass is 17.2. The van der Waals surface area contributed by atoms with Crippen LogP contribution in [0.2, 0.25) is 0 Å². The highest BCUT2D eigenvalue weighted by Crippen LogP contribution is 2.34. The van der Waals surface area contributed by atoms with Gasteiger partial charge in [-0.15, -0.1) is 0 Å². The van der Waals surface area contributed by atoms with Crippen LogP contribution in [0, 0.1) is 0 Å². The number of rotatable bonds is 4. The molecule has 2 nitrogen and oxygen atoms in total. The van der Waals surface area contributed by atoms with Crippen molar-refractivity contribution in [1.82, 2.24) is 0 Å². The van der Waals surface area contributed by atoms with Gasteiger partial charge in [-0.25, -0.2) is 0 Å². The van der Waals surface area contributed by atoms with E-state index in [1.54, 1.807) is 0 Å². The second-order valence-corrected chi connectivity index (χ2v) is 6.35. The Morgan fingerprint density at radius 3 is 2.00 bits per heavy atom. The third-order valence-electron chi connectivity index (χ3n) is 2.68. The molecule has 0 saturated heterocycles. The highest BCUT2D eigenvalue weighted by molar-refractivity contribution is 5.43. The molecule has 0 N–H and O–H groups in total. The number of benzene rings is 1. The molecule has 0 aliphatic carbocycles. The predicted octanol–water partition coefficient (Wildman–Crippen LogP) is 5.04. The summed E-state index contributed by atoms with van der Waals surface area (Å²) in [6, 6.07) is 6.18. The molecule has 2 heteroatoms. The van der Waals surface area contributed by atoms with E-state index in [0.29, 0.717) is 11.8 Å². The van der Waals surface area contributed by atoms with Crippen molar-refractivity contribution < 1.29 is 9.78 Å². The van der Waals surface area contributed by atoms with E-state index in [4.69, 9.17) is 9.78 Å². The van der Waals surface area contributed by atoms with E-state index < -0.39 is 0 Å². The molecule has 1 aromatic rings. The summed E-state index contributed by atoms with van der Waals surface area (Å²) in [5.41, 5.74) is 2.28. The molecule has 0 aromatic heterocycles. The topological polar surface area (TPSA) is 18.5 Å². The van der Waals surface area contributed by atoms with Crippen molar-refractivity contribution in [3.63, 3.8) is 0 Å². The molecule has 0 fully saturated rings. The third kappa shape index (κ3) is 4.02. The Morgan fingerprint density at radius 1 is 0.944 bits per heavy atom. The molecule has 1 aromatic carbocycles. The van der Waals surface area contributed by atoms with Crippen LogP contribution in [0.25, 0.3) is 0 Å². The molecule has 0 amide bonds. The van der Waals surface area contributed by atoms with Gasteiger partial charge in [0.05, 0.1) is 0 Å². The molecule has 0 aliphatic heterocycles. The lowest BCUT2D eigenvalue weighted by atomic mass is 9.90. The first-order valence-corrected chi connectivity index (χ1v) is 6.71. The van der Waals surface area contributed by atoms with Gasteiger partial charge in [0.2, 0.25) is 0 Å². The lowest BCUT2D eigenvalue weighted by Crippen LogP contribution is -2.22. The quantitative estimate of drug-likeness (QED) is 0.550. The summed E-state index contributed by atoms with van der Waals surface area (Å²) in [4.78, 5) is 11.0. The number of hydrogen-bond donors (Lipinski definition) is 0. The summed E-state index contributed by atoms with van der Waals surface area (Å²) < 4.78 is 0. The smallest absolute Gasteiger partial charge is 0.169 e. The van der Waals surface area contributed by atoms with E-state index in [1.165, 1.54) is 11.1 Å². The Bertz CT molecular complexity index is 387. The third-order valence-corrected chi connectivity index (χ3v) is 2.68. The van der Waals surface area contributed by atoms with Crippen molar-refractivity contribution in [2.24, 2.45) is 0 Å². The van der Waals surface area contributed by atoms with Crippen LogP contribution < -0.4 is 4.89 Å². The van der Waals surface area contributed by atoms with Gasteiger partial charge < -0.3 is 4.89 Å². The van der Waals surface area contributed by atoms with Crippen molar-refractivity contribution >= 4 is 0 Å². The first-order valence-electron chi connectivity index (χ1n) is 6.71. The van der Waals surface area contributed by atoms with E-state index in [2.05, 4.69) is 33.8 Å². The van der Waals surface area contributed by atoms with Crippen molar-refractivity contribution in [1.29, 1.82) is 0 Å². The van der Waals surface area contributed by atoms with Gasteiger partial charge in [-0.05, 0) is 44.2 Å². The van der Waals surface area contributed by atoms with E-state index in [9.17, 15) is 0 Å². The van der Waals surface area contributed by atoms with Crippen LogP contribution in [0.3, 0.4) is 0 Å². The van der Waals surface area contributed by atoms with Crippen LogP contribution in [0.15, 0.2) is 18.2 Å². The highest BCUT2D eigenvalue weighted by Gasteiger charge is 2.18. The zero-order valence-electron chi connectivity index (χ0n) is 12.7. The van der Waals surface area contributed by atoms with Crippen molar-refractivity contribution in [3.8, 4) is 5.75 Å². The zero-order chi connectivity index (χ0) is 13.9. The fraction of sp³-hybridized carbons (Fsp3) is 0.625. The first-order chi connectivity index (χ1) is 8.22. The summed E-state index contributed by atoms with van der Waals surface area (Å²) in [5, 5.41) is 0. The van der Waals surface area contributed by atoms with Gasteiger partial charge in [0, 0.05) is 5.56 Å². The molecule has 0 atom stereocenters. The van der Waals surface area contributed by atoms with Gasteiger partial charge >= 0.3 is 0 Å². The molecule has 102 valence electrons. The van der Waals surface area contributed by atoms with Gasteiger partial charge in [0.15, 0.2) is 5.75 Å². The second-order valence-electron chi connectivity index (χ2n) is 6.35. The average Bonchev–Trinajstić information content (AvgIpc) is 2.24.